The molecule has 1 saturated heterocycles. The number of hydrogen-bond acceptors (Lipinski definition) is 4. The molecule has 1 fully saturated rings. The van der Waals surface area contributed by atoms with Gasteiger partial charge < -0.3 is 14.7 Å². The normalized spacial score (nSPS) is 14.5. The summed E-state index contributed by atoms with van der Waals surface area (Å²) < 4.78 is 6.65. The summed E-state index contributed by atoms with van der Waals surface area (Å²) in [4.78, 5) is 24.5. The van der Waals surface area contributed by atoms with Crippen LogP contribution in [0.25, 0.3) is 0 Å². The van der Waals surface area contributed by atoms with Crippen LogP contribution in [0.2, 0.25) is 0 Å². The van der Waals surface area contributed by atoms with E-state index < -0.39 is 12.1 Å². The Bertz CT molecular complexity index is 677. The van der Waals surface area contributed by atoms with E-state index in [1.807, 2.05) is 30.3 Å². The fraction of sp³-hybridized carbons (Fsp3) is 0.267. The number of benzene rings is 1. The number of amides is 1. The van der Waals surface area contributed by atoms with Crippen LogP contribution in [0.5, 0.6) is 0 Å². The Morgan fingerprint density at radius 2 is 1.95 bits per heavy atom. The molecule has 114 valence electrons. The molecule has 0 bridgehead atoms. The van der Waals surface area contributed by atoms with Crippen molar-refractivity contribution in [2.24, 2.45) is 0 Å². The molecule has 0 unspecified atom stereocenters. The van der Waals surface area contributed by atoms with E-state index in [4.69, 9.17) is 9.84 Å². The van der Waals surface area contributed by atoms with Crippen molar-refractivity contribution < 1.29 is 19.4 Å². The minimum atomic E-state index is -1.03. The van der Waals surface area contributed by atoms with Crippen LogP contribution in [0.4, 0.5) is 4.79 Å². The van der Waals surface area contributed by atoms with Crippen LogP contribution in [0.1, 0.15) is 22.1 Å². The average Bonchev–Trinajstić information content (AvgIpc) is 2.94. The fourth-order valence-electron chi connectivity index (χ4n) is 2.34. The molecule has 1 aliphatic heterocycles. The van der Waals surface area contributed by atoms with Crippen molar-refractivity contribution in [3.8, 4) is 0 Å². The Balaban J connectivity index is 1.51. The van der Waals surface area contributed by atoms with Crippen LogP contribution in [-0.2, 0) is 11.3 Å². The summed E-state index contributed by atoms with van der Waals surface area (Å²) in [5.74, 6) is -1.03. The van der Waals surface area contributed by atoms with Crippen molar-refractivity contribution >= 4 is 12.1 Å². The maximum Gasteiger partial charge on any atom is 0.410 e. The first kappa shape index (κ1) is 14.1. The number of nitrogens with zero attached hydrogens (tertiary/aromatic N) is 3. The average molecular weight is 301 g/mol. The molecule has 2 aromatic rings. The third-order valence-corrected chi connectivity index (χ3v) is 3.56. The highest BCUT2D eigenvalue weighted by Crippen LogP contribution is 2.23. The number of hydrogen-bond donors (Lipinski definition) is 1. The number of carboxylic acids is 1. The van der Waals surface area contributed by atoms with Crippen LogP contribution in [-0.4, -0.2) is 44.9 Å². The molecule has 1 aromatic carbocycles. The lowest BCUT2D eigenvalue weighted by molar-refractivity contribution is 0.0468. The molecule has 22 heavy (non-hydrogen) atoms. The predicted octanol–water partition coefficient (Wildman–Crippen LogP) is 1.77. The first-order valence-electron chi connectivity index (χ1n) is 6.87. The summed E-state index contributed by atoms with van der Waals surface area (Å²) in [6.45, 7) is 1.02. The van der Waals surface area contributed by atoms with Crippen LogP contribution in [0.3, 0.4) is 0 Å². The van der Waals surface area contributed by atoms with Crippen molar-refractivity contribution in [1.29, 1.82) is 0 Å². The Labute approximate surface area is 126 Å². The summed E-state index contributed by atoms with van der Waals surface area (Å²) in [6, 6.07) is 10.8. The van der Waals surface area contributed by atoms with Gasteiger partial charge in [-0.05, 0) is 11.6 Å². The molecule has 0 radical (unpaired) electrons. The molecule has 0 saturated carbocycles. The Kier molecular flexibility index (Phi) is 3.78. The summed E-state index contributed by atoms with van der Waals surface area (Å²) >= 11 is 0. The molecule has 1 aliphatic rings. The van der Waals surface area contributed by atoms with Crippen LogP contribution in [0.15, 0.2) is 42.6 Å². The highest BCUT2D eigenvalue weighted by Gasteiger charge is 2.35. The standard InChI is InChI=1S/C15H15N3O4/c19-14(20)13-6-7-16-18(13)12-8-17(9-12)15(21)22-10-11-4-2-1-3-5-11/h1-7,12H,8-10H2,(H,19,20). The molecule has 7 nitrogen and oxygen atoms in total. The number of rotatable bonds is 4. The summed E-state index contributed by atoms with van der Waals surface area (Å²) in [6.07, 6.45) is 1.05. The van der Waals surface area contributed by atoms with E-state index in [1.54, 1.807) is 0 Å². The van der Waals surface area contributed by atoms with Crippen molar-refractivity contribution in [2.45, 2.75) is 12.6 Å². The van der Waals surface area contributed by atoms with Gasteiger partial charge in [-0.3, -0.25) is 4.68 Å². The van der Waals surface area contributed by atoms with Crippen LogP contribution >= 0.6 is 0 Å². The predicted molar refractivity (Wildman–Crippen MR) is 76.4 cm³/mol. The minimum Gasteiger partial charge on any atom is -0.477 e. The molecule has 2 heterocycles. The minimum absolute atomic E-state index is 0.120. The fourth-order valence-corrected chi connectivity index (χ4v) is 2.34. The van der Waals surface area contributed by atoms with E-state index in [0.717, 1.165) is 5.56 Å². The second kappa shape index (κ2) is 5.88. The molecule has 1 N–H and O–H groups in total. The van der Waals surface area contributed by atoms with E-state index in [0.29, 0.717) is 13.1 Å². The van der Waals surface area contributed by atoms with Gasteiger partial charge in [0.05, 0.1) is 6.04 Å². The van der Waals surface area contributed by atoms with E-state index >= 15 is 0 Å². The molecule has 3 rings (SSSR count). The van der Waals surface area contributed by atoms with E-state index in [2.05, 4.69) is 5.10 Å². The second-order valence-corrected chi connectivity index (χ2v) is 5.07. The molecular formula is C15H15N3O4. The number of aromatic nitrogens is 2. The van der Waals surface area contributed by atoms with Gasteiger partial charge in [0, 0.05) is 19.3 Å². The molecular weight excluding hydrogens is 286 g/mol. The van der Waals surface area contributed by atoms with Gasteiger partial charge in [-0.15, -0.1) is 0 Å². The van der Waals surface area contributed by atoms with Gasteiger partial charge in [0.1, 0.15) is 12.3 Å². The summed E-state index contributed by atoms with van der Waals surface area (Å²) in [5, 5.41) is 13.0. The van der Waals surface area contributed by atoms with Gasteiger partial charge in [0.25, 0.3) is 0 Å². The zero-order chi connectivity index (χ0) is 15.5. The van der Waals surface area contributed by atoms with Crippen molar-refractivity contribution in [1.82, 2.24) is 14.7 Å². The van der Waals surface area contributed by atoms with E-state index in [1.165, 1.54) is 21.8 Å². The summed E-state index contributed by atoms with van der Waals surface area (Å²) in [5.41, 5.74) is 1.05. The zero-order valence-electron chi connectivity index (χ0n) is 11.8. The number of aromatic carboxylic acids is 1. The lowest BCUT2D eigenvalue weighted by Gasteiger charge is -2.38. The van der Waals surface area contributed by atoms with Gasteiger partial charge in [-0.2, -0.15) is 5.10 Å². The Morgan fingerprint density at radius 3 is 2.64 bits per heavy atom. The first-order chi connectivity index (χ1) is 10.6. The van der Waals surface area contributed by atoms with Crippen LogP contribution < -0.4 is 0 Å². The monoisotopic (exact) mass is 301 g/mol. The largest absolute Gasteiger partial charge is 0.477 e. The van der Waals surface area contributed by atoms with Crippen molar-refractivity contribution in [3.63, 3.8) is 0 Å². The lowest BCUT2D eigenvalue weighted by Crippen LogP contribution is -2.51. The smallest absolute Gasteiger partial charge is 0.410 e. The van der Waals surface area contributed by atoms with Gasteiger partial charge in [-0.1, -0.05) is 30.3 Å². The van der Waals surface area contributed by atoms with Gasteiger partial charge in [0.2, 0.25) is 0 Å². The SMILES string of the molecule is O=C(O)c1ccnn1C1CN(C(=O)OCc2ccccc2)C1. The van der Waals surface area contributed by atoms with E-state index in [-0.39, 0.29) is 18.3 Å². The highest BCUT2D eigenvalue weighted by atomic mass is 16.6. The molecule has 1 amide bonds. The maximum atomic E-state index is 11.9. The molecule has 0 spiro atoms. The quantitative estimate of drug-likeness (QED) is 0.930. The third-order valence-electron chi connectivity index (χ3n) is 3.56. The highest BCUT2D eigenvalue weighted by molar-refractivity contribution is 5.85. The Morgan fingerprint density at radius 1 is 1.23 bits per heavy atom. The maximum absolute atomic E-state index is 11.9. The molecule has 0 aliphatic carbocycles. The van der Waals surface area contributed by atoms with Gasteiger partial charge >= 0.3 is 12.1 Å². The number of carboxylic acid groups (broad SMARTS) is 1. The molecule has 7 heteroatoms. The zero-order valence-corrected chi connectivity index (χ0v) is 11.8. The second-order valence-electron chi connectivity index (χ2n) is 5.07. The number of carbonyl (C=O) groups is 2. The Hall–Kier alpha value is -2.83. The number of carbonyl (C=O) groups excluding carboxylic acids is 1. The van der Waals surface area contributed by atoms with Gasteiger partial charge in [0.15, 0.2) is 0 Å². The van der Waals surface area contributed by atoms with Crippen molar-refractivity contribution in [2.75, 3.05) is 13.1 Å². The topological polar surface area (TPSA) is 84.7 Å². The molecule has 1 aromatic heterocycles. The number of likely N-dealkylation sites (tertiary alicyclic amines) is 1. The van der Waals surface area contributed by atoms with E-state index in [9.17, 15) is 9.59 Å². The van der Waals surface area contributed by atoms with Gasteiger partial charge in [-0.25, -0.2) is 9.59 Å². The third kappa shape index (κ3) is 2.78. The van der Waals surface area contributed by atoms with Crippen molar-refractivity contribution in [3.05, 3.63) is 53.9 Å². The summed E-state index contributed by atoms with van der Waals surface area (Å²) in [7, 11) is 0. The van der Waals surface area contributed by atoms with Crippen LogP contribution in [0, 0.1) is 0 Å². The molecule has 0 atom stereocenters. The first-order valence-corrected chi connectivity index (χ1v) is 6.87. The lowest BCUT2D eigenvalue weighted by atomic mass is 10.1. The number of ether oxygens (including phenoxy) is 1.